The first-order valence-corrected chi connectivity index (χ1v) is 10.7. The molecule has 1 aromatic heterocycles. The Labute approximate surface area is 179 Å². The summed E-state index contributed by atoms with van der Waals surface area (Å²) in [5.74, 6) is -2.26. The third-order valence-corrected chi connectivity index (χ3v) is 7.08. The first kappa shape index (κ1) is 20.6. The number of benzene rings is 1. The van der Waals surface area contributed by atoms with E-state index >= 15 is 0 Å². The highest BCUT2D eigenvalue weighted by Gasteiger charge is 2.67. The molecule has 1 aromatic carbocycles. The highest BCUT2D eigenvalue weighted by molar-refractivity contribution is 7.10. The molecule has 2 fully saturated rings. The number of methoxy groups -OCH3 is 1. The summed E-state index contributed by atoms with van der Waals surface area (Å²) in [7, 11) is 1.53. The van der Waals surface area contributed by atoms with Crippen molar-refractivity contribution in [1.82, 2.24) is 5.32 Å². The monoisotopic (exact) mass is 428 g/mol. The van der Waals surface area contributed by atoms with E-state index in [-0.39, 0.29) is 12.5 Å². The molecule has 2 aromatic rings. The summed E-state index contributed by atoms with van der Waals surface area (Å²) in [6, 6.07) is 8.34. The minimum atomic E-state index is -1.30. The van der Waals surface area contributed by atoms with Gasteiger partial charge in [-0.1, -0.05) is 6.07 Å². The number of nitrogens with one attached hydrogen (secondary N) is 1. The van der Waals surface area contributed by atoms with Crippen molar-refractivity contribution in [3.8, 4) is 5.75 Å². The zero-order valence-electron chi connectivity index (χ0n) is 17.3. The van der Waals surface area contributed by atoms with Crippen LogP contribution >= 0.6 is 11.3 Å². The highest BCUT2D eigenvalue weighted by atomic mass is 32.1. The number of imide groups is 1. The van der Waals surface area contributed by atoms with E-state index in [2.05, 4.69) is 5.32 Å². The number of rotatable bonds is 5. The van der Waals surface area contributed by atoms with E-state index in [1.807, 2.05) is 18.4 Å². The van der Waals surface area contributed by atoms with Gasteiger partial charge in [-0.2, -0.15) is 0 Å². The number of nitrogens with zero attached hydrogens (tertiary/aromatic N) is 1. The van der Waals surface area contributed by atoms with Crippen molar-refractivity contribution < 1.29 is 23.9 Å². The van der Waals surface area contributed by atoms with Crippen molar-refractivity contribution in [3.05, 3.63) is 46.2 Å². The minimum absolute atomic E-state index is 0.192. The third-order valence-electron chi connectivity index (χ3n) is 5.98. The summed E-state index contributed by atoms with van der Waals surface area (Å²) in [4.78, 5) is 42.2. The van der Waals surface area contributed by atoms with Crippen molar-refractivity contribution >= 4 is 34.8 Å². The van der Waals surface area contributed by atoms with Crippen molar-refractivity contribution in [2.45, 2.75) is 32.4 Å². The van der Waals surface area contributed by atoms with Gasteiger partial charge in [0, 0.05) is 10.9 Å². The van der Waals surface area contributed by atoms with Gasteiger partial charge >= 0.3 is 5.97 Å². The summed E-state index contributed by atoms with van der Waals surface area (Å²) >= 11 is 1.51. The summed E-state index contributed by atoms with van der Waals surface area (Å²) in [5, 5.41) is 5.24. The fourth-order valence-electron chi connectivity index (χ4n) is 4.54. The molecule has 0 spiro atoms. The second-order valence-corrected chi connectivity index (χ2v) is 8.68. The maximum absolute atomic E-state index is 13.6. The van der Waals surface area contributed by atoms with Crippen LogP contribution in [0.25, 0.3) is 0 Å². The number of ether oxygens (including phenoxy) is 2. The number of carbonyl (C=O) groups is 3. The van der Waals surface area contributed by atoms with Gasteiger partial charge in [0.1, 0.15) is 11.3 Å². The molecule has 0 radical (unpaired) electrons. The Kier molecular flexibility index (Phi) is 5.15. The zero-order valence-corrected chi connectivity index (χ0v) is 18.1. The van der Waals surface area contributed by atoms with Gasteiger partial charge in [-0.3, -0.25) is 19.7 Å². The molecule has 0 unspecified atom stereocenters. The van der Waals surface area contributed by atoms with Crippen LogP contribution in [0.15, 0.2) is 35.7 Å². The number of fused-ring (bicyclic) bond motifs is 1. The molecule has 0 aliphatic carbocycles. The SMILES string of the molecule is CCOC(=O)[C@]1(C)N[C@H](c2sccc2C)[C@H]2C(=O)N(c3cccc(OC)c3)C(=O)[C@H]21. The van der Waals surface area contributed by atoms with Crippen molar-refractivity contribution in [1.29, 1.82) is 0 Å². The lowest BCUT2D eigenvalue weighted by molar-refractivity contribution is -0.153. The van der Waals surface area contributed by atoms with E-state index in [4.69, 9.17) is 9.47 Å². The van der Waals surface area contributed by atoms with Crippen LogP contribution < -0.4 is 15.0 Å². The van der Waals surface area contributed by atoms with Gasteiger partial charge in [0.05, 0.1) is 37.3 Å². The number of hydrogen-bond acceptors (Lipinski definition) is 7. The lowest BCUT2D eigenvalue weighted by atomic mass is 9.81. The largest absolute Gasteiger partial charge is 0.497 e. The minimum Gasteiger partial charge on any atom is -0.497 e. The highest BCUT2D eigenvalue weighted by Crippen LogP contribution is 2.51. The van der Waals surface area contributed by atoms with Gasteiger partial charge in [-0.15, -0.1) is 11.3 Å². The summed E-state index contributed by atoms with van der Waals surface area (Å²) < 4.78 is 10.5. The quantitative estimate of drug-likeness (QED) is 0.582. The smallest absolute Gasteiger partial charge is 0.326 e. The van der Waals surface area contributed by atoms with Crippen LogP contribution in [0.4, 0.5) is 5.69 Å². The third kappa shape index (κ3) is 2.94. The Balaban J connectivity index is 1.82. The molecular formula is C22H24N2O5S. The van der Waals surface area contributed by atoms with Gasteiger partial charge in [0.15, 0.2) is 0 Å². The molecule has 30 heavy (non-hydrogen) atoms. The molecule has 7 nitrogen and oxygen atoms in total. The number of carbonyl (C=O) groups excluding carboxylic acids is 3. The normalized spacial score (nSPS) is 28.0. The van der Waals surface area contributed by atoms with E-state index < -0.39 is 35.3 Å². The molecule has 0 bridgehead atoms. The average Bonchev–Trinajstić information content (AvgIpc) is 3.36. The summed E-state index contributed by atoms with van der Waals surface area (Å²) in [6.07, 6.45) is 0. The van der Waals surface area contributed by atoms with E-state index in [0.717, 1.165) is 10.4 Å². The Hall–Kier alpha value is -2.71. The lowest BCUT2D eigenvalue weighted by Crippen LogP contribution is -2.54. The van der Waals surface area contributed by atoms with Crippen LogP contribution in [-0.4, -0.2) is 37.0 Å². The molecule has 8 heteroatoms. The molecule has 2 aliphatic rings. The molecule has 2 aliphatic heterocycles. The average molecular weight is 429 g/mol. The second-order valence-electron chi connectivity index (χ2n) is 7.73. The fourth-order valence-corrected chi connectivity index (χ4v) is 5.56. The van der Waals surface area contributed by atoms with Gasteiger partial charge in [0.25, 0.3) is 0 Å². The van der Waals surface area contributed by atoms with E-state index in [1.165, 1.54) is 23.3 Å². The molecule has 4 rings (SSSR count). The van der Waals surface area contributed by atoms with Gasteiger partial charge in [-0.25, -0.2) is 4.90 Å². The van der Waals surface area contributed by atoms with E-state index in [0.29, 0.717) is 11.4 Å². The molecule has 2 saturated heterocycles. The molecular weight excluding hydrogens is 404 g/mol. The molecule has 158 valence electrons. The lowest BCUT2D eigenvalue weighted by Gasteiger charge is -2.29. The van der Waals surface area contributed by atoms with Crippen molar-refractivity contribution in [2.75, 3.05) is 18.6 Å². The fraction of sp³-hybridized carbons (Fsp3) is 0.409. The molecule has 0 saturated carbocycles. The van der Waals surface area contributed by atoms with E-state index in [9.17, 15) is 14.4 Å². The summed E-state index contributed by atoms with van der Waals surface area (Å²) in [6.45, 7) is 5.53. The van der Waals surface area contributed by atoms with Crippen LogP contribution in [0.5, 0.6) is 5.75 Å². The van der Waals surface area contributed by atoms with Crippen molar-refractivity contribution in [3.63, 3.8) is 0 Å². The second kappa shape index (κ2) is 7.52. The Morgan fingerprint density at radius 1 is 1.27 bits per heavy atom. The van der Waals surface area contributed by atoms with Gasteiger partial charge in [-0.05, 0) is 49.9 Å². The Morgan fingerprint density at radius 3 is 2.67 bits per heavy atom. The van der Waals surface area contributed by atoms with Crippen LogP contribution in [0, 0.1) is 18.8 Å². The van der Waals surface area contributed by atoms with Gasteiger partial charge in [0.2, 0.25) is 11.8 Å². The van der Waals surface area contributed by atoms with Crippen LogP contribution in [-0.2, 0) is 19.1 Å². The predicted molar refractivity (Wildman–Crippen MR) is 112 cm³/mol. The number of aryl methyl sites for hydroxylation is 1. The summed E-state index contributed by atoms with van der Waals surface area (Å²) in [5.41, 5.74) is 0.151. The first-order valence-electron chi connectivity index (χ1n) is 9.84. The Bertz CT molecular complexity index is 1020. The molecule has 1 N–H and O–H groups in total. The molecule has 2 amide bonds. The number of thiophene rings is 1. The van der Waals surface area contributed by atoms with Gasteiger partial charge < -0.3 is 9.47 Å². The van der Waals surface area contributed by atoms with Crippen molar-refractivity contribution in [2.24, 2.45) is 11.8 Å². The number of hydrogen-bond donors (Lipinski definition) is 1. The van der Waals surface area contributed by atoms with Crippen LogP contribution in [0.1, 0.15) is 30.3 Å². The van der Waals surface area contributed by atoms with Crippen LogP contribution in [0.3, 0.4) is 0 Å². The van der Waals surface area contributed by atoms with E-state index in [1.54, 1.807) is 38.1 Å². The topological polar surface area (TPSA) is 84.9 Å². The number of amides is 2. The Morgan fingerprint density at radius 2 is 2.03 bits per heavy atom. The molecule has 4 atom stereocenters. The maximum Gasteiger partial charge on any atom is 0.326 e. The number of esters is 1. The standard InChI is InChI=1S/C22H24N2O5S/c1-5-29-21(27)22(3)16-15(17(23-22)18-12(2)9-10-30-18)19(25)24(20(16)26)13-7-6-8-14(11-13)28-4/h6-11,15-17,23H,5H2,1-4H3/t15-,16-,17-,22+/m0/s1. The first-order chi connectivity index (χ1) is 14.3. The van der Waals surface area contributed by atoms with Crippen LogP contribution in [0.2, 0.25) is 0 Å². The predicted octanol–water partition coefficient (Wildman–Crippen LogP) is 2.84. The molecule has 3 heterocycles. The maximum atomic E-state index is 13.6. The number of anilines is 1. The zero-order chi connectivity index (χ0) is 21.6.